The Hall–Kier alpha value is -2.25. The highest BCUT2D eigenvalue weighted by Gasteiger charge is 2.11. The number of carbonyl (C=O) groups excluding carboxylic acids is 1. The lowest BCUT2D eigenvalue weighted by atomic mass is 10.6. The molecule has 0 saturated carbocycles. The van der Waals surface area contributed by atoms with E-state index in [4.69, 9.17) is 4.42 Å². The summed E-state index contributed by atoms with van der Waals surface area (Å²) in [5.74, 6) is -0.0233. The van der Waals surface area contributed by atoms with Crippen molar-refractivity contribution in [3.63, 3.8) is 0 Å². The summed E-state index contributed by atoms with van der Waals surface area (Å²) in [6.07, 6.45) is 1.23. The Morgan fingerprint density at radius 3 is 3.00 bits per heavy atom. The van der Waals surface area contributed by atoms with E-state index in [1.54, 1.807) is 6.92 Å². The van der Waals surface area contributed by atoms with E-state index in [1.165, 1.54) is 6.33 Å². The highest BCUT2D eigenvalue weighted by molar-refractivity contribution is 5.99. The molecular weight excluding hydrogens is 188 g/mol. The van der Waals surface area contributed by atoms with Gasteiger partial charge in [-0.15, -0.1) is 5.10 Å². The first-order valence-electron chi connectivity index (χ1n) is 3.72. The molecule has 0 radical (unpaired) electrons. The molecule has 0 aliphatic rings. The van der Waals surface area contributed by atoms with Gasteiger partial charge in [0.15, 0.2) is 0 Å². The molecule has 0 unspecified atom stereocenters. The van der Waals surface area contributed by atoms with Gasteiger partial charge in [-0.25, -0.2) is 4.98 Å². The van der Waals surface area contributed by atoms with Crippen LogP contribution in [0.1, 0.15) is 16.5 Å². The number of H-pyrrole nitrogens is 1. The number of hydrogen-bond donors (Lipinski definition) is 2. The SMILES string of the molecule is Cc1nnc(NC(=O)c2ncn[nH]2)o1. The molecule has 0 aliphatic carbocycles. The molecule has 0 atom stereocenters. The molecule has 1 amide bonds. The Balaban J connectivity index is 2.09. The van der Waals surface area contributed by atoms with Crippen molar-refractivity contribution >= 4 is 11.9 Å². The fourth-order valence-corrected chi connectivity index (χ4v) is 0.818. The normalized spacial score (nSPS) is 10.1. The Morgan fingerprint density at radius 1 is 1.57 bits per heavy atom. The molecule has 0 aromatic carbocycles. The van der Waals surface area contributed by atoms with Crippen molar-refractivity contribution in [3.05, 3.63) is 18.0 Å². The highest BCUT2D eigenvalue weighted by atomic mass is 16.4. The first-order chi connectivity index (χ1) is 6.75. The predicted molar refractivity (Wildman–Crippen MR) is 43.4 cm³/mol. The van der Waals surface area contributed by atoms with Crippen molar-refractivity contribution < 1.29 is 9.21 Å². The van der Waals surface area contributed by atoms with Gasteiger partial charge in [-0.05, 0) is 0 Å². The molecule has 8 nitrogen and oxygen atoms in total. The van der Waals surface area contributed by atoms with Crippen LogP contribution in [0.15, 0.2) is 10.7 Å². The summed E-state index contributed by atoms with van der Waals surface area (Å²) in [6.45, 7) is 1.62. The molecule has 2 aromatic heterocycles. The fraction of sp³-hybridized carbons (Fsp3) is 0.167. The van der Waals surface area contributed by atoms with Crippen LogP contribution in [0.5, 0.6) is 0 Å². The number of amides is 1. The number of aryl methyl sites for hydroxylation is 1. The number of aromatic amines is 1. The quantitative estimate of drug-likeness (QED) is 0.682. The average molecular weight is 194 g/mol. The predicted octanol–water partition coefficient (Wildman–Crippen LogP) is -0.252. The van der Waals surface area contributed by atoms with Crippen molar-refractivity contribution in [2.45, 2.75) is 6.92 Å². The van der Waals surface area contributed by atoms with Gasteiger partial charge in [-0.2, -0.15) is 5.10 Å². The molecule has 2 heterocycles. The van der Waals surface area contributed by atoms with E-state index >= 15 is 0 Å². The third-order valence-electron chi connectivity index (χ3n) is 1.38. The standard InChI is InChI=1S/C6H6N6O2/c1-3-10-12-6(14-3)9-5(13)4-7-2-8-11-4/h2H,1H3,(H,7,8,11)(H,9,12,13). The van der Waals surface area contributed by atoms with Crippen LogP contribution in [0.4, 0.5) is 6.01 Å². The highest BCUT2D eigenvalue weighted by Crippen LogP contribution is 2.04. The van der Waals surface area contributed by atoms with E-state index in [0.29, 0.717) is 5.89 Å². The number of aromatic nitrogens is 5. The lowest BCUT2D eigenvalue weighted by Gasteiger charge is -1.93. The molecular formula is C6H6N6O2. The summed E-state index contributed by atoms with van der Waals surface area (Å²) in [4.78, 5) is 15.0. The monoisotopic (exact) mass is 194 g/mol. The first-order valence-corrected chi connectivity index (χ1v) is 3.72. The van der Waals surface area contributed by atoms with Crippen LogP contribution in [-0.4, -0.2) is 31.3 Å². The fourth-order valence-electron chi connectivity index (χ4n) is 0.818. The summed E-state index contributed by atoms with van der Waals surface area (Å²) >= 11 is 0. The van der Waals surface area contributed by atoms with Crippen LogP contribution in [0.2, 0.25) is 0 Å². The number of rotatable bonds is 2. The minimum Gasteiger partial charge on any atom is -0.408 e. The molecule has 0 fully saturated rings. The third-order valence-corrected chi connectivity index (χ3v) is 1.38. The smallest absolute Gasteiger partial charge is 0.322 e. The molecule has 8 heteroatoms. The van der Waals surface area contributed by atoms with Crippen LogP contribution in [0.3, 0.4) is 0 Å². The summed E-state index contributed by atoms with van der Waals surface area (Å²) in [6, 6.07) is 0.0314. The van der Waals surface area contributed by atoms with Gasteiger partial charge < -0.3 is 4.42 Å². The number of carbonyl (C=O) groups is 1. The Kier molecular flexibility index (Phi) is 1.94. The second-order valence-electron chi connectivity index (χ2n) is 2.41. The molecule has 14 heavy (non-hydrogen) atoms. The largest absolute Gasteiger partial charge is 0.408 e. The van der Waals surface area contributed by atoms with Crippen LogP contribution >= 0.6 is 0 Å². The van der Waals surface area contributed by atoms with Gasteiger partial charge in [-0.1, -0.05) is 5.10 Å². The Bertz CT molecular complexity index is 433. The summed E-state index contributed by atoms with van der Waals surface area (Å²) in [7, 11) is 0. The molecule has 0 saturated heterocycles. The van der Waals surface area contributed by atoms with Gasteiger partial charge in [0.25, 0.3) is 5.91 Å². The van der Waals surface area contributed by atoms with Crippen molar-refractivity contribution in [1.82, 2.24) is 25.4 Å². The van der Waals surface area contributed by atoms with Gasteiger partial charge in [0.2, 0.25) is 11.7 Å². The first kappa shape index (κ1) is 8.35. The molecule has 72 valence electrons. The van der Waals surface area contributed by atoms with Crippen LogP contribution in [0.25, 0.3) is 0 Å². The zero-order chi connectivity index (χ0) is 9.97. The van der Waals surface area contributed by atoms with E-state index in [1.807, 2.05) is 0 Å². The van der Waals surface area contributed by atoms with E-state index in [2.05, 4.69) is 30.7 Å². The molecule has 0 aliphatic heterocycles. The van der Waals surface area contributed by atoms with Crippen LogP contribution in [0, 0.1) is 6.92 Å². The van der Waals surface area contributed by atoms with Crippen molar-refractivity contribution in [2.75, 3.05) is 5.32 Å². The molecule has 0 bridgehead atoms. The zero-order valence-electron chi connectivity index (χ0n) is 7.18. The van der Waals surface area contributed by atoms with E-state index in [9.17, 15) is 4.79 Å². The number of nitrogens with one attached hydrogen (secondary N) is 2. The Labute approximate surface area is 77.7 Å². The maximum Gasteiger partial charge on any atom is 0.322 e. The van der Waals surface area contributed by atoms with E-state index in [0.717, 1.165) is 0 Å². The zero-order valence-corrected chi connectivity index (χ0v) is 7.18. The average Bonchev–Trinajstić information content (AvgIpc) is 2.75. The maximum absolute atomic E-state index is 11.3. The lowest BCUT2D eigenvalue weighted by Crippen LogP contribution is -2.13. The summed E-state index contributed by atoms with van der Waals surface area (Å²) < 4.78 is 4.94. The van der Waals surface area contributed by atoms with Crippen molar-refractivity contribution in [3.8, 4) is 0 Å². The van der Waals surface area contributed by atoms with Crippen molar-refractivity contribution in [2.24, 2.45) is 0 Å². The number of anilines is 1. The minimum atomic E-state index is -0.480. The molecule has 2 aromatic rings. The van der Waals surface area contributed by atoms with Gasteiger partial charge in [0, 0.05) is 6.92 Å². The Morgan fingerprint density at radius 2 is 2.43 bits per heavy atom. The minimum absolute atomic E-state index is 0.0314. The van der Waals surface area contributed by atoms with Gasteiger partial charge in [0.1, 0.15) is 6.33 Å². The second kappa shape index (κ2) is 3.24. The van der Waals surface area contributed by atoms with Gasteiger partial charge in [0.05, 0.1) is 0 Å². The van der Waals surface area contributed by atoms with Crippen LogP contribution in [-0.2, 0) is 0 Å². The lowest BCUT2D eigenvalue weighted by molar-refractivity contribution is 0.101. The number of nitrogens with zero attached hydrogens (tertiary/aromatic N) is 4. The summed E-state index contributed by atoms with van der Waals surface area (Å²) in [5, 5.41) is 15.4. The van der Waals surface area contributed by atoms with E-state index < -0.39 is 5.91 Å². The van der Waals surface area contributed by atoms with Gasteiger partial charge >= 0.3 is 6.01 Å². The second-order valence-corrected chi connectivity index (χ2v) is 2.41. The maximum atomic E-state index is 11.3. The molecule has 0 spiro atoms. The third kappa shape index (κ3) is 1.58. The van der Waals surface area contributed by atoms with E-state index in [-0.39, 0.29) is 11.8 Å². The van der Waals surface area contributed by atoms with Crippen molar-refractivity contribution in [1.29, 1.82) is 0 Å². The van der Waals surface area contributed by atoms with Crippen LogP contribution < -0.4 is 5.32 Å². The number of hydrogen-bond acceptors (Lipinski definition) is 6. The molecule has 2 rings (SSSR count). The van der Waals surface area contributed by atoms with Gasteiger partial charge in [-0.3, -0.25) is 15.2 Å². The molecule has 2 N–H and O–H groups in total. The topological polar surface area (TPSA) is 110 Å². The summed E-state index contributed by atoms with van der Waals surface area (Å²) in [5.41, 5.74) is 0.